The monoisotopic (exact) mass is 206 g/mol. The van der Waals surface area contributed by atoms with Crippen LogP contribution < -0.4 is 5.32 Å². The van der Waals surface area contributed by atoms with Crippen molar-refractivity contribution in [2.45, 2.75) is 32.2 Å². The minimum absolute atomic E-state index is 0.0657. The largest absolute Gasteiger partial charge is 0.469 e. The number of rotatable bonds is 5. The lowest BCUT2D eigenvalue weighted by molar-refractivity contribution is -0.120. The molecule has 0 bridgehead atoms. The molecule has 1 heterocycles. The molecule has 0 radical (unpaired) electrons. The number of furan rings is 1. The lowest BCUT2D eigenvalue weighted by Crippen LogP contribution is -2.32. The topological polar surface area (TPSA) is 66.0 Å². The molecule has 0 saturated heterocycles. The number of amides is 1. The zero-order valence-corrected chi connectivity index (χ0v) is 8.69. The van der Waals surface area contributed by atoms with Crippen LogP contribution in [0.2, 0.25) is 0 Å². The number of nitrogens with one attached hydrogen (secondary N) is 1. The Balaban J connectivity index is 2.22. The highest BCUT2D eigenvalue weighted by atomic mass is 16.3. The molecule has 0 saturated carbocycles. The summed E-state index contributed by atoms with van der Waals surface area (Å²) in [7, 11) is 0. The van der Waals surface area contributed by atoms with Crippen molar-refractivity contribution in [3.63, 3.8) is 0 Å². The van der Waals surface area contributed by atoms with Gasteiger partial charge < -0.3 is 9.73 Å². The van der Waals surface area contributed by atoms with Crippen LogP contribution in [-0.2, 0) is 11.2 Å². The first-order valence-corrected chi connectivity index (χ1v) is 4.91. The van der Waals surface area contributed by atoms with Crippen molar-refractivity contribution in [1.29, 1.82) is 5.26 Å². The van der Waals surface area contributed by atoms with Crippen LogP contribution >= 0.6 is 0 Å². The minimum Gasteiger partial charge on any atom is -0.469 e. The predicted octanol–water partition coefficient (Wildman–Crippen LogP) is 1.63. The Morgan fingerprint density at radius 1 is 1.73 bits per heavy atom. The molecule has 4 heteroatoms. The van der Waals surface area contributed by atoms with Gasteiger partial charge in [-0.3, -0.25) is 4.79 Å². The van der Waals surface area contributed by atoms with E-state index in [1.54, 1.807) is 6.26 Å². The van der Waals surface area contributed by atoms with E-state index in [0.29, 0.717) is 0 Å². The van der Waals surface area contributed by atoms with Gasteiger partial charge in [-0.05, 0) is 25.5 Å². The highest BCUT2D eigenvalue weighted by molar-refractivity contribution is 5.78. The Morgan fingerprint density at radius 2 is 2.53 bits per heavy atom. The molecule has 15 heavy (non-hydrogen) atoms. The van der Waals surface area contributed by atoms with Crippen LogP contribution in [0.1, 0.15) is 25.5 Å². The van der Waals surface area contributed by atoms with E-state index in [4.69, 9.17) is 9.68 Å². The Bertz CT molecular complexity index is 338. The van der Waals surface area contributed by atoms with Crippen LogP contribution in [-0.4, -0.2) is 11.9 Å². The molecule has 1 unspecified atom stereocenters. The molecule has 0 aliphatic rings. The third-order valence-corrected chi connectivity index (χ3v) is 2.05. The maximum atomic E-state index is 11.1. The van der Waals surface area contributed by atoms with Crippen LogP contribution in [0.4, 0.5) is 0 Å². The standard InChI is InChI=1S/C11H14N2O2/c1-9(13-11(14)6-7-12)4-5-10-3-2-8-15-10/h2-3,8-9H,4-6H2,1H3,(H,13,14). The molecule has 0 aliphatic carbocycles. The molecule has 0 aliphatic heterocycles. The number of hydrogen-bond donors (Lipinski definition) is 1. The summed E-state index contributed by atoms with van der Waals surface area (Å²) >= 11 is 0. The molecule has 0 aromatic carbocycles. The maximum Gasteiger partial charge on any atom is 0.234 e. The van der Waals surface area contributed by atoms with E-state index in [9.17, 15) is 4.79 Å². The van der Waals surface area contributed by atoms with Gasteiger partial charge in [0.05, 0.1) is 12.3 Å². The van der Waals surface area contributed by atoms with E-state index < -0.39 is 0 Å². The first-order chi connectivity index (χ1) is 7.22. The summed E-state index contributed by atoms with van der Waals surface area (Å²) < 4.78 is 5.17. The highest BCUT2D eigenvalue weighted by Gasteiger charge is 2.07. The highest BCUT2D eigenvalue weighted by Crippen LogP contribution is 2.05. The zero-order chi connectivity index (χ0) is 11.1. The number of carbonyl (C=O) groups excluding carboxylic acids is 1. The fraction of sp³-hybridized carbons (Fsp3) is 0.455. The molecule has 1 rings (SSSR count). The second-order valence-corrected chi connectivity index (χ2v) is 3.42. The van der Waals surface area contributed by atoms with Crippen LogP contribution in [0.25, 0.3) is 0 Å². The maximum absolute atomic E-state index is 11.1. The van der Waals surface area contributed by atoms with Crippen molar-refractivity contribution in [1.82, 2.24) is 5.32 Å². The molecule has 1 aromatic rings. The summed E-state index contributed by atoms with van der Waals surface area (Å²) in [6.45, 7) is 1.91. The van der Waals surface area contributed by atoms with Gasteiger partial charge in [-0.2, -0.15) is 5.26 Å². The molecule has 0 fully saturated rings. The summed E-state index contributed by atoms with van der Waals surface area (Å²) in [5.41, 5.74) is 0. The summed E-state index contributed by atoms with van der Waals surface area (Å²) in [4.78, 5) is 11.1. The van der Waals surface area contributed by atoms with Crippen LogP contribution in [0, 0.1) is 11.3 Å². The van der Waals surface area contributed by atoms with Crippen LogP contribution in [0.5, 0.6) is 0 Å². The third kappa shape index (κ3) is 4.32. The van der Waals surface area contributed by atoms with Crippen molar-refractivity contribution in [3.8, 4) is 6.07 Å². The fourth-order valence-electron chi connectivity index (χ4n) is 1.28. The van der Waals surface area contributed by atoms with Gasteiger partial charge in [0.1, 0.15) is 12.2 Å². The van der Waals surface area contributed by atoms with E-state index in [1.165, 1.54) is 0 Å². The van der Waals surface area contributed by atoms with E-state index in [1.807, 2.05) is 25.1 Å². The first-order valence-electron chi connectivity index (χ1n) is 4.91. The lowest BCUT2D eigenvalue weighted by atomic mass is 10.1. The van der Waals surface area contributed by atoms with E-state index >= 15 is 0 Å². The SMILES string of the molecule is CC(CCc1ccco1)NC(=O)CC#N. The van der Waals surface area contributed by atoms with Gasteiger partial charge in [-0.25, -0.2) is 0 Å². The average Bonchev–Trinajstić information content (AvgIpc) is 2.67. The van der Waals surface area contributed by atoms with E-state index in [0.717, 1.165) is 18.6 Å². The lowest BCUT2D eigenvalue weighted by Gasteiger charge is -2.11. The summed E-state index contributed by atoms with van der Waals surface area (Å²) in [5.74, 6) is 0.695. The fourth-order valence-corrected chi connectivity index (χ4v) is 1.28. The molecule has 1 amide bonds. The second kappa shape index (κ2) is 5.86. The molecule has 1 atom stereocenters. The quantitative estimate of drug-likeness (QED) is 0.796. The van der Waals surface area contributed by atoms with Gasteiger partial charge in [0.25, 0.3) is 0 Å². The summed E-state index contributed by atoms with van der Waals surface area (Å²) in [6, 6.07) is 5.63. The first kappa shape index (κ1) is 11.3. The van der Waals surface area contributed by atoms with Crippen molar-refractivity contribution >= 4 is 5.91 Å². The number of nitrogens with zero attached hydrogens (tertiary/aromatic N) is 1. The Labute approximate surface area is 88.9 Å². The number of carbonyl (C=O) groups is 1. The second-order valence-electron chi connectivity index (χ2n) is 3.42. The molecule has 80 valence electrons. The average molecular weight is 206 g/mol. The van der Waals surface area contributed by atoms with Crippen LogP contribution in [0.15, 0.2) is 22.8 Å². The number of nitriles is 1. The summed E-state index contributed by atoms with van der Waals surface area (Å²) in [6.07, 6.45) is 3.16. The number of hydrogen-bond acceptors (Lipinski definition) is 3. The predicted molar refractivity (Wildman–Crippen MR) is 54.9 cm³/mol. The van der Waals surface area contributed by atoms with Crippen molar-refractivity contribution in [2.75, 3.05) is 0 Å². The Kier molecular flexibility index (Phi) is 4.42. The van der Waals surface area contributed by atoms with E-state index in [-0.39, 0.29) is 18.4 Å². The Morgan fingerprint density at radius 3 is 3.13 bits per heavy atom. The van der Waals surface area contributed by atoms with Gasteiger partial charge in [-0.15, -0.1) is 0 Å². The molecule has 1 aromatic heterocycles. The van der Waals surface area contributed by atoms with Gasteiger partial charge in [0.15, 0.2) is 0 Å². The molecular weight excluding hydrogens is 192 g/mol. The van der Waals surface area contributed by atoms with Gasteiger partial charge in [0, 0.05) is 12.5 Å². The van der Waals surface area contributed by atoms with Gasteiger partial charge in [-0.1, -0.05) is 0 Å². The minimum atomic E-state index is -0.218. The molecule has 4 nitrogen and oxygen atoms in total. The van der Waals surface area contributed by atoms with Gasteiger partial charge >= 0.3 is 0 Å². The molecular formula is C11H14N2O2. The number of aryl methyl sites for hydroxylation is 1. The normalized spacial score (nSPS) is 11.7. The Hall–Kier alpha value is -1.76. The van der Waals surface area contributed by atoms with Crippen molar-refractivity contribution < 1.29 is 9.21 Å². The smallest absolute Gasteiger partial charge is 0.234 e. The third-order valence-electron chi connectivity index (χ3n) is 2.05. The van der Waals surface area contributed by atoms with Gasteiger partial charge in [0.2, 0.25) is 5.91 Å². The molecule has 1 N–H and O–H groups in total. The van der Waals surface area contributed by atoms with Crippen molar-refractivity contribution in [2.24, 2.45) is 0 Å². The van der Waals surface area contributed by atoms with Crippen LogP contribution in [0.3, 0.4) is 0 Å². The zero-order valence-electron chi connectivity index (χ0n) is 8.69. The molecule has 0 spiro atoms. The van der Waals surface area contributed by atoms with E-state index in [2.05, 4.69) is 5.32 Å². The summed E-state index contributed by atoms with van der Waals surface area (Å²) in [5, 5.41) is 11.0. The van der Waals surface area contributed by atoms with Crippen molar-refractivity contribution in [3.05, 3.63) is 24.2 Å².